The Kier molecular flexibility index (Phi) is 6.98. The lowest BCUT2D eigenvalue weighted by atomic mass is 10.1. The number of sulfone groups is 1. The van der Waals surface area contributed by atoms with Gasteiger partial charge in [-0.3, -0.25) is 0 Å². The van der Waals surface area contributed by atoms with Gasteiger partial charge in [-0.25, -0.2) is 33.3 Å². The summed E-state index contributed by atoms with van der Waals surface area (Å²) in [5, 5.41) is -0.0577. The molecule has 1 fully saturated rings. The fraction of sp³-hybridized carbons (Fsp3) is 0.409. The van der Waals surface area contributed by atoms with Crippen molar-refractivity contribution >= 4 is 15.8 Å². The van der Waals surface area contributed by atoms with Gasteiger partial charge in [-0.1, -0.05) is 0 Å². The minimum Gasteiger partial charge on any atom is -0.474 e. The highest BCUT2D eigenvalue weighted by atomic mass is 32.2. The Morgan fingerprint density at radius 3 is 2.33 bits per heavy atom. The predicted molar refractivity (Wildman–Crippen MR) is 122 cm³/mol. The Morgan fingerprint density at radius 2 is 1.69 bits per heavy atom. The van der Waals surface area contributed by atoms with Gasteiger partial charge in [0.05, 0.1) is 11.3 Å². The third-order valence-corrected chi connectivity index (χ3v) is 6.51. The van der Waals surface area contributed by atoms with Crippen molar-refractivity contribution < 1.29 is 31.1 Å². The fourth-order valence-corrected chi connectivity index (χ4v) is 4.19. The van der Waals surface area contributed by atoms with Gasteiger partial charge in [0.25, 0.3) is 0 Å². The number of ether oxygens (including phenoxy) is 2. The van der Waals surface area contributed by atoms with E-state index in [0.717, 1.165) is 18.5 Å². The van der Waals surface area contributed by atoms with Crippen molar-refractivity contribution in [3.8, 4) is 17.5 Å². The van der Waals surface area contributed by atoms with Crippen molar-refractivity contribution in [2.75, 3.05) is 24.2 Å². The molecular formula is C22H23F3N6O4S. The lowest BCUT2D eigenvalue weighted by molar-refractivity contribution is -0.141. The van der Waals surface area contributed by atoms with Gasteiger partial charge in [0.1, 0.15) is 18.1 Å². The van der Waals surface area contributed by atoms with Gasteiger partial charge in [0, 0.05) is 38.4 Å². The van der Waals surface area contributed by atoms with Crippen molar-refractivity contribution in [3.05, 3.63) is 47.7 Å². The molecule has 0 aliphatic carbocycles. The van der Waals surface area contributed by atoms with Gasteiger partial charge in [-0.15, -0.1) is 0 Å². The van der Waals surface area contributed by atoms with Crippen molar-refractivity contribution in [2.24, 2.45) is 0 Å². The second-order valence-electron chi connectivity index (χ2n) is 8.26. The lowest BCUT2D eigenvalue weighted by Crippen LogP contribution is -2.39. The molecule has 36 heavy (non-hydrogen) atoms. The van der Waals surface area contributed by atoms with Crippen LogP contribution in [0.1, 0.15) is 29.8 Å². The fourth-order valence-electron chi connectivity index (χ4n) is 3.57. The molecular weight excluding hydrogens is 501 g/mol. The molecule has 0 unspecified atom stereocenters. The number of pyridine rings is 1. The summed E-state index contributed by atoms with van der Waals surface area (Å²) in [7, 11) is -3.45. The highest BCUT2D eigenvalue weighted by Crippen LogP contribution is 2.32. The van der Waals surface area contributed by atoms with E-state index in [2.05, 4.69) is 24.9 Å². The van der Waals surface area contributed by atoms with E-state index in [4.69, 9.17) is 9.47 Å². The van der Waals surface area contributed by atoms with E-state index in [9.17, 15) is 21.6 Å². The Balaban J connectivity index is 1.42. The molecule has 10 nitrogen and oxygen atoms in total. The predicted octanol–water partition coefficient (Wildman–Crippen LogP) is 3.54. The summed E-state index contributed by atoms with van der Waals surface area (Å²) >= 11 is 0. The summed E-state index contributed by atoms with van der Waals surface area (Å²) in [5.41, 5.74) is -0.0678. The molecule has 0 bridgehead atoms. The highest BCUT2D eigenvalue weighted by molar-refractivity contribution is 7.90. The largest absolute Gasteiger partial charge is 0.474 e. The zero-order valence-electron chi connectivity index (χ0n) is 19.7. The topological polar surface area (TPSA) is 120 Å². The Morgan fingerprint density at radius 1 is 1.00 bits per heavy atom. The first kappa shape index (κ1) is 25.5. The summed E-state index contributed by atoms with van der Waals surface area (Å²) in [6.45, 7) is 4.18. The number of anilines is 1. The van der Waals surface area contributed by atoms with E-state index in [1.165, 1.54) is 18.5 Å². The maximum atomic E-state index is 13.0. The van der Waals surface area contributed by atoms with Crippen molar-refractivity contribution in [1.29, 1.82) is 0 Å². The van der Waals surface area contributed by atoms with E-state index < -0.39 is 21.7 Å². The van der Waals surface area contributed by atoms with Crippen LogP contribution in [-0.4, -0.2) is 58.8 Å². The molecule has 0 amide bonds. The molecule has 0 aromatic carbocycles. The van der Waals surface area contributed by atoms with Crippen LogP contribution in [0.5, 0.6) is 17.5 Å². The molecule has 0 spiro atoms. The molecule has 1 saturated heterocycles. The highest BCUT2D eigenvalue weighted by Gasteiger charge is 2.34. The molecule has 3 aromatic heterocycles. The van der Waals surface area contributed by atoms with E-state index >= 15 is 0 Å². The molecule has 0 radical (unpaired) electrons. The summed E-state index contributed by atoms with van der Waals surface area (Å²) in [5.74, 6) is 0.909. The number of halogens is 3. The maximum absolute atomic E-state index is 13.0. The second-order valence-corrected chi connectivity index (χ2v) is 10.2. The molecule has 0 saturated carbocycles. The first-order chi connectivity index (χ1) is 16.9. The number of aromatic nitrogens is 5. The van der Waals surface area contributed by atoms with E-state index in [1.807, 2.05) is 0 Å². The van der Waals surface area contributed by atoms with Gasteiger partial charge >= 0.3 is 6.18 Å². The minimum atomic E-state index is -4.53. The van der Waals surface area contributed by atoms with Crippen LogP contribution in [0.25, 0.3) is 0 Å². The number of piperidine rings is 1. The third-order valence-electron chi connectivity index (χ3n) is 5.53. The average molecular weight is 525 g/mol. The zero-order chi connectivity index (χ0) is 26.1. The molecule has 4 heterocycles. The normalized spacial score (nSPS) is 15.1. The monoisotopic (exact) mass is 524 g/mol. The van der Waals surface area contributed by atoms with Gasteiger partial charge in [-0.05, 0) is 32.0 Å². The third kappa shape index (κ3) is 5.80. The summed E-state index contributed by atoms with van der Waals surface area (Å²) in [6.07, 6.45) is -0.253. The smallest absolute Gasteiger partial charge is 0.433 e. The molecule has 0 N–H and O–H groups in total. The molecule has 14 heteroatoms. The van der Waals surface area contributed by atoms with E-state index in [1.54, 1.807) is 18.7 Å². The average Bonchev–Trinajstić information content (AvgIpc) is 2.82. The number of hydrogen-bond acceptors (Lipinski definition) is 10. The van der Waals surface area contributed by atoms with Crippen molar-refractivity contribution in [3.63, 3.8) is 0 Å². The van der Waals surface area contributed by atoms with Gasteiger partial charge in [0.15, 0.2) is 20.6 Å². The lowest BCUT2D eigenvalue weighted by Gasteiger charge is -2.32. The van der Waals surface area contributed by atoms with Crippen LogP contribution in [0, 0.1) is 13.8 Å². The number of rotatable bonds is 6. The van der Waals surface area contributed by atoms with Gasteiger partial charge in [-0.2, -0.15) is 13.2 Å². The van der Waals surface area contributed by atoms with E-state index in [0.29, 0.717) is 48.8 Å². The van der Waals surface area contributed by atoms with E-state index in [-0.39, 0.29) is 23.0 Å². The summed E-state index contributed by atoms with van der Waals surface area (Å²) < 4.78 is 74.2. The maximum Gasteiger partial charge on any atom is 0.433 e. The van der Waals surface area contributed by atoms with Crippen LogP contribution in [0.3, 0.4) is 0 Å². The number of nitrogens with zero attached hydrogens (tertiary/aromatic N) is 6. The minimum absolute atomic E-state index is 0.0306. The van der Waals surface area contributed by atoms with Crippen LogP contribution in [0.4, 0.5) is 19.1 Å². The molecule has 1 aliphatic rings. The SMILES string of the molecule is Cc1nc(S(C)(=O)=O)ccc1Oc1ncnc(OC2CCN(c3nccc(C(F)(F)F)n3)CC2)c1C. The first-order valence-corrected chi connectivity index (χ1v) is 12.8. The Labute approximate surface area is 205 Å². The number of aryl methyl sites for hydroxylation is 1. The van der Waals surface area contributed by atoms with Crippen molar-refractivity contribution in [2.45, 2.75) is 44.0 Å². The molecule has 4 rings (SSSR count). The van der Waals surface area contributed by atoms with Crippen LogP contribution in [0.2, 0.25) is 0 Å². The Hall–Kier alpha value is -3.55. The first-order valence-electron chi connectivity index (χ1n) is 10.9. The molecule has 192 valence electrons. The standard InChI is InChI=1S/C22H23F3N6O4S/c1-13-19(27-12-28-20(13)35-16-4-5-18(29-14(16)2)36(3,32)33)34-15-7-10-31(11-8-15)21-26-9-6-17(30-21)22(23,24)25/h4-6,9,12,15H,7-8,10-11H2,1-3H3. The summed E-state index contributed by atoms with van der Waals surface area (Å²) in [4.78, 5) is 21.7. The quantitative estimate of drug-likeness (QED) is 0.473. The molecule has 1 aliphatic heterocycles. The molecule has 0 atom stereocenters. The van der Waals surface area contributed by atoms with Crippen LogP contribution < -0.4 is 14.4 Å². The summed E-state index contributed by atoms with van der Waals surface area (Å²) in [6, 6.07) is 3.70. The molecule has 3 aromatic rings. The van der Waals surface area contributed by atoms with Gasteiger partial charge in [0.2, 0.25) is 17.7 Å². The van der Waals surface area contributed by atoms with Crippen LogP contribution in [-0.2, 0) is 16.0 Å². The number of hydrogen-bond donors (Lipinski definition) is 0. The zero-order valence-corrected chi connectivity index (χ0v) is 20.5. The van der Waals surface area contributed by atoms with Crippen LogP contribution >= 0.6 is 0 Å². The van der Waals surface area contributed by atoms with Crippen LogP contribution in [0.15, 0.2) is 35.7 Å². The number of alkyl halides is 3. The Bertz CT molecular complexity index is 1360. The van der Waals surface area contributed by atoms with Gasteiger partial charge < -0.3 is 14.4 Å². The van der Waals surface area contributed by atoms with Crippen molar-refractivity contribution in [1.82, 2.24) is 24.9 Å². The second kappa shape index (κ2) is 9.84.